The van der Waals surface area contributed by atoms with E-state index in [9.17, 15) is 13.2 Å². The first-order valence-electron chi connectivity index (χ1n) is 5.75. The number of sulfonamides is 1. The highest BCUT2D eigenvalue weighted by Gasteiger charge is 2.36. The van der Waals surface area contributed by atoms with Gasteiger partial charge in [-0.2, -0.15) is 0 Å². The number of benzene rings is 1. The molecule has 0 heterocycles. The van der Waals surface area contributed by atoms with Gasteiger partial charge in [-0.05, 0) is 25.0 Å². The predicted molar refractivity (Wildman–Crippen MR) is 71.1 cm³/mol. The van der Waals surface area contributed by atoms with Crippen LogP contribution in [0.4, 0.5) is 11.4 Å². The average Bonchev–Trinajstić information content (AvgIpc) is 3.02. The molecule has 0 saturated heterocycles. The van der Waals surface area contributed by atoms with E-state index < -0.39 is 10.0 Å². The average molecular weight is 268 g/mol. The topological polar surface area (TPSA) is 66.5 Å². The Kier molecular flexibility index (Phi) is 3.30. The molecule has 0 aromatic heterocycles. The number of para-hydroxylation sites is 2. The van der Waals surface area contributed by atoms with Crippen molar-refractivity contribution in [3.05, 3.63) is 24.3 Å². The third-order valence-electron chi connectivity index (χ3n) is 2.69. The Hall–Kier alpha value is -1.56. The van der Waals surface area contributed by atoms with E-state index in [0.29, 0.717) is 11.4 Å². The van der Waals surface area contributed by atoms with Gasteiger partial charge >= 0.3 is 0 Å². The number of carbonyl (C=O) groups is 1. The Labute approximate surface area is 107 Å². The monoisotopic (exact) mass is 268 g/mol. The molecule has 1 N–H and O–H groups in total. The van der Waals surface area contributed by atoms with E-state index in [4.69, 9.17) is 0 Å². The molecule has 0 spiro atoms. The van der Waals surface area contributed by atoms with Crippen molar-refractivity contribution in [1.82, 2.24) is 0 Å². The van der Waals surface area contributed by atoms with Crippen LogP contribution in [-0.2, 0) is 14.8 Å². The Bertz CT molecular complexity index is 564. The van der Waals surface area contributed by atoms with Gasteiger partial charge in [-0.25, -0.2) is 8.42 Å². The lowest BCUT2D eigenvalue weighted by atomic mass is 10.2. The second-order valence-electron chi connectivity index (χ2n) is 4.49. The van der Waals surface area contributed by atoms with E-state index in [1.807, 2.05) is 0 Å². The molecule has 0 bridgehead atoms. The van der Waals surface area contributed by atoms with Gasteiger partial charge in [-0.15, -0.1) is 0 Å². The molecule has 1 amide bonds. The second kappa shape index (κ2) is 4.61. The largest absolute Gasteiger partial charge is 0.325 e. The van der Waals surface area contributed by atoms with Gasteiger partial charge in [0.2, 0.25) is 15.9 Å². The first-order valence-corrected chi connectivity index (χ1v) is 7.60. The number of amides is 1. The molecular weight excluding hydrogens is 252 g/mol. The first kappa shape index (κ1) is 12.9. The molecule has 5 nitrogen and oxygen atoms in total. The van der Waals surface area contributed by atoms with Crippen molar-refractivity contribution in [1.29, 1.82) is 0 Å². The van der Waals surface area contributed by atoms with Gasteiger partial charge in [0, 0.05) is 13.0 Å². The standard InChI is InChI=1S/C12H16N2O3S/c1-9(15)13-11-5-3-4-6-12(11)14(10-7-8-10)18(2,16)17/h3-6,10H,7-8H2,1-2H3,(H,13,15). The van der Waals surface area contributed by atoms with Crippen LogP contribution >= 0.6 is 0 Å². The molecule has 0 radical (unpaired) electrons. The van der Waals surface area contributed by atoms with Crippen LogP contribution in [0, 0.1) is 0 Å². The molecule has 0 unspecified atom stereocenters. The van der Waals surface area contributed by atoms with Crippen LogP contribution in [0.2, 0.25) is 0 Å². The van der Waals surface area contributed by atoms with Gasteiger partial charge in [-0.3, -0.25) is 9.10 Å². The van der Waals surface area contributed by atoms with Gasteiger partial charge in [0.15, 0.2) is 0 Å². The summed E-state index contributed by atoms with van der Waals surface area (Å²) in [7, 11) is -3.33. The summed E-state index contributed by atoms with van der Waals surface area (Å²) < 4.78 is 25.1. The van der Waals surface area contributed by atoms with E-state index in [1.165, 1.54) is 17.5 Å². The molecule has 18 heavy (non-hydrogen) atoms. The first-order chi connectivity index (χ1) is 8.39. The van der Waals surface area contributed by atoms with Crippen molar-refractivity contribution < 1.29 is 13.2 Å². The highest BCUT2D eigenvalue weighted by atomic mass is 32.2. The third-order valence-corrected chi connectivity index (χ3v) is 3.90. The van der Waals surface area contributed by atoms with Crippen molar-refractivity contribution in [3.8, 4) is 0 Å². The Balaban J connectivity index is 2.44. The van der Waals surface area contributed by atoms with Crippen molar-refractivity contribution in [3.63, 3.8) is 0 Å². The van der Waals surface area contributed by atoms with Crippen LogP contribution in [0.25, 0.3) is 0 Å². The van der Waals surface area contributed by atoms with Crippen molar-refractivity contribution in [2.45, 2.75) is 25.8 Å². The molecule has 1 saturated carbocycles. The minimum Gasteiger partial charge on any atom is -0.325 e. The molecule has 2 rings (SSSR count). The fourth-order valence-electron chi connectivity index (χ4n) is 1.92. The van der Waals surface area contributed by atoms with Crippen LogP contribution in [0.5, 0.6) is 0 Å². The molecule has 6 heteroatoms. The molecule has 1 fully saturated rings. The maximum absolute atomic E-state index is 11.9. The fraction of sp³-hybridized carbons (Fsp3) is 0.417. The van der Waals surface area contributed by atoms with Gasteiger partial charge in [0.05, 0.1) is 17.6 Å². The summed E-state index contributed by atoms with van der Waals surface area (Å²) in [5.74, 6) is -0.216. The van der Waals surface area contributed by atoms with E-state index in [2.05, 4.69) is 5.32 Å². The number of hydrogen-bond acceptors (Lipinski definition) is 3. The number of carbonyl (C=O) groups excluding carboxylic acids is 1. The molecule has 98 valence electrons. The van der Waals surface area contributed by atoms with Crippen LogP contribution < -0.4 is 9.62 Å². The van der Waals surface area contributed by atoms with E-state index in [1.54, 1.807) is 24.3 Å². The SMILES string of the molecule is CC(=O)Nc1ccccc1N(C1CC1)S(C)(=O)=O. The van der Waals surface area contributed by atoms with Crippen molar-refractivity contribution >= 4 is 27.3 Å². The van der Waals surface area contributed by atoms with E-state index in [0.717, 1.165) is 12.8 Å². The molecule has 1 aromatic carbocycles. The maximum Gasteiger partial charge on any atom is 0.232 e. The summed E-state index contributed by atoms with van der Waals surface area (Å²) in [5.41, 5.74) is 1.07. The summed E-state index contributed by atoms with van der Waals surface area (Å²) in [6.07, 6.45) is 2.92. The fourth-order valence-corrected chi connectivity index (χ4v) is 3.19. The molecule has 0 aliphatic heterocycles. The van der Waals surface area contributed by atoms with Crippen LogP contribution in [0.3, 0.4) is 0 Å². The van der Waals surface area contributed by atoms with Gasteiger partial charge in [0.1, 0.15) is 0 Å². The molecular formula is C12H16N2O3S. The summed E-state index contributed by atoms with van der Waals surface area (Å²) in [4.78, 5) is 11.1. The number of nitrogens with zero attached hydrogens (tertiary/aromatic N) is 1. The number of anilines is 2. The van der Waals surface area contributed by atoms with Gasteiger partial charge in [-0.1, -0.05) is 12.1 Å². The smallest absolute Gasteiger partial charge is 0.232 e. The van der Waals surface area contributed by atoms with Crippen LogP contribution in [0.1, 0.15) is 19.8 Å². The summed E-state index contributed by atoms with van der Waals surface area (Å²) in [6, 6.07) is 6.97. The molecule has 1 aliphatic rings. The minimum atomic E-state index is -3.33. The summed E-state index contributed by atoms with van der Waals surface area (Å²) in [6.45, 7) is 1.40. The summed E-state index contributed by atoms with van der Waals surface area (Å²) >= 11 is 0. The minimum absolute atomic E-state index is 0.0231. The van der Waals surface area contributed by atoms with Crippen LogP contribution in [-0.4, -0.2) is 26.6 Å². The third kappa shape index (κ3) is 2.81. The second-order valence-corrected chi connectivity index (χ2v) is 6.35. The maximum atomic E-state index is 11.9. The Morgan fingerprint density at radius 2 is 1.94 bits per heavy atom. The molecule has 1 aromatic rings. The van der Waals surface area contributed by atoms with Crippen molar-refractivity contribution in [2.75, 3.05) is 15.9 Å². The zero-order chi connectivity index (χ0) is 13.3. The zero-order valence-electron chi connectivity index (χ0n) is 10.4. The zero-order valence-corrected chi connectivity index (χ0v) is 11.2. The van der Waals surface area contributed by atoms with Crippen LogP contribution in [0.15, 0.2) is 24.3 Å². The lowest BCUT2D eigenvalue weighted by molar-refractivity contribution is -0.114. The lowest BCUT2D eigenvalue weighted by Crippen LogP contribution is -2.32. The highest BCUT2D eigenvalue weighted by Crippen LogP contribution is 2.37. The number of hydrogen-bond donors (Lipinski definition) is 1. The molecule has 1 aliphatic carbocycles. The van der Waals surface area contributed by atoms with Gasteiger partial charge in [0.25, 0.3) is 0 Å². The number of nitrogens with one attached hydrogen (secondary N) is 1. The highest BCUT2D eigenvalue weighted by molar-refractivity contribution is 7.92. The van der Waals surface area contributed by atoms with E-state index >= 15 is 0 Å². The van der Waals surface area contributed by atoms with Crippen molar-refractivity contribution in [2.24, 2.45) is 0 Å². The quantitative estimate of drug-likeness (QED) is 0.901. The lowest BCUT2D eigenvalue weighted by Gasteiger charge is -2.24. The van der Waals surface area contributed by atoms with E-state index in [-0.39, 0.29) is 11.9 Å². The number of rotatable bonds is 4. The summed E-state index contributed by atoms with van der Waals surface area (Å²) in [5, 5.41) is 2.66. The Morgan fingerprint density at radius 1 is 1.33 bits per heavy atom. The molecule has 0 atom stereocenters. The Morgan fingerprint density at radius 3 is 2.44 bits per heavy atom. The normalized spacial score (nSPS) is 15.2. The predicted octanol–water partition coefficient (Wildman–Crippen LogP) is 1.57. The van der Waals surface area contributed by atoms with Gasteiger partial charge < -0.3 is 5.32 Å².